The van der Waals surface area contributed by atoms with Crippen molar-refractivity contribution in [2.24, 2.45) is 5.10 Å². The Morgan fingerprint density at radius 3 is 2.58 bits per heavy atom. The maximum absolute atomic E-state index is 12.4. The molecule has 1 aliphatic heterocycles. The van der Waals surface area contributed by atoms with Crippen LogP contribution in [0.1, 0.15) is 11.1 Å². The molecule has 0 atom stereocenters. The van der Waals surface area contributed by atoms with Gasteiger partial charge in [0.2, 0.25) is 0 Å². The number of rotatable bonds is 3. The van der Waals surface area contributed by atoms with Crippen molar-refractivity contribution in [3.8, 4) is 5.75 Å². The quantitative estimate of drug-likeness (QED) is 0.495. The summed E-state index contributed by atoms with van der Waals surface area (Å²) in [6.07, 6.45) is 3.15. The standard InChI is InChI=1S/C17H11ClN2O2S2/c18-13-7-5-11(6-8-13)9-15-16(22)20(17(23)24-15)19-10-12-3-1-2-4-14(12)21/h1-10,21H/b15-9+,19-10+. The van der Waals surface area contributed by atoms with Crippen LogP contribution in [-0.4, -0.2) is 26.6 Å². The zero-order valence-electron chi connectivity index (χ0n) is 12.2. The van der Waals surface area contributed by atoms with Crippen LogP contribution in [0.2, 0.25) is 5.02 Å². The van der Waals surface area contributed by atoms with E-state index < -0.39 is 0 Å². The Kier molecular flexibility index (Phi) is 4.99. The predicted molar refractivity (Wildman–Crippen MR) is 102 cm³/mol. The summed E-state index contributed by atoms with van der Waals surface area (Å²) in [4.78, 5) is 12.9. The van der Waals surface area contributed by atoms with Gasteiger partial charge in [-0.1, -0.05) is 47.6 Å². The maximum Gasteiger partial charge on any atom is 0.286 e. The van der Waals surface area contributed by atoms with Crippen molar-refractivity contribution in [1.29, 1.82) is 0 Å². The van der Waals surface area contributed by atoms with Gasteiger partial charge in [0.1, 0.15) is 5.75 Å². The molecule has 1 aliphatic rings. The van der Waals surface area contributed by atoms with Crippen LogP contribution in [0.4, 0.5) is 0 Å². The minimum absolute atomic E-state index is 0.0865. The van der Waals surface area contributed by atoms with Crippen molar-refractivity contribution in [3.05, 3.63) is 69.6 Å². The monoisotopic (exact) mass is 374 g/mol. The normalized spacial score (nSPS) is 16.5. The number of benzene rings is 2. The minimum Gasteiger partial charge on any atom is -0.507 e. The topological polar surface area (TPSA) is 52.9 Å². The number of hydrazone groups is 1. The van der Waals surface area contributed by atoms with E-state index in [1.165, 1.54) is 18.0 Å². The molecule has 0 aromatic heterocycles. The number of hydrogen-bond donors (Lipinski definition) is 1. The van der Waals surface area contributed by atoms with Gasteiger partial charge in [0.05, 0.1) is 11.1 Å². The summed E-state index contributed by atoms with van der Waals surface area (Å²) in [5.41, 5.74) is 1.36. The molecular weight excluding hydrogens is 364 g/mol. The maximum atomic E-state index is 12.4. The number of hydrogen-bond acceptors (Lipinski definition) is 5. The Bertz CT molecular complexity index is 863. The predicted octanol–water partition coefficient (Wildman–Crippen LogP) is 4.28. The van der Waals surface area contributed by atoms with Gasteiger partial charge >= 0.3 is 0 Å². The second-order valence-corrected chi connectivity index (χ2v) is 6.96. The van der Waals surface area contributed by atoms with Crippen molar-refractivity contribution in [3.63, 3.8) is 0 Å². The van der Waals surface area contributed by atoms with E-state index >= 15 is 0 Å². The summed E-state index contributed by atoms with van der Waals surface area (Å²) >= 11 is 12.2. The molecule has 3 rings (SSSR count). The number of phenols is 1. The van der Waals surface area contributed by atoms with Crippen molar-refractivity contribution in [2.45, 2.75) is 0 Å². The average Bonchev–Trinajstić information content (AvgIpc) is 2.83. The molecule has 0 bridgehead atoms. The fraction of sp³-hybridized carbons (Fsp3) is 0. The molecule has 1 saturated heterocycles. The molecule has 1 N–H and O–H groups in total. The number of carbonyl (C=O) groups is 1. The molecular formula is C17H11ClN2O2S2. The largest absolute Gasteiger partial charge is 0.507 e. The highest BCUT2D eigenvalue weighted by molar-refractivity contribution is 8.26. The molecule has 0 unspecified atom stereocenters. The van der Waals surface area contributed by atoms with Crippen molar-refractivity contribution >= 4 is 58.1 Å². The van der Waals surface area contributed by atoms with Gasteiger partial charge in [-0.15, -0.1) is 0 Å². The van der Waals surface area contributed by atoms with Gasteiger partial charge in [-0.3, -0.25) is 4.79 Å². The molecule has 2 aromatic rings. The smallest absolute Gasteiger partial charge is 0.286 e. The van der Waals surface area contributed by atoms with Crippen LogP contribution in [0, 0.1) is 0 Å². The average molecular weight is 375 g/mol. The van der Waals surface area contributed by atoms with Crippen LogP contribution >= 0.6 is 35.6 Å². The molecule has 120 valence electrons. The Morgan fingerprint density at radius 1 is 1.17 bits per heavy atom. The first-order chi connectivity index (χ1) is 11.5. The highest BCUT2D eigenvalue weighted by atomic mass is 35.5. The number of amides is 1. The molecule has 1 fully saturated rings. The molecule has 0 aliphatic carbocycles. The van der Waals surface area contributed by atoms with E-state index in [1.54, 1.807) is 42.5 Å². The molecule has 1 heterocycles. The molecule has 0 spiro atoms. The van der Waals surface area contributed by atoms with Crippen LogP contribution in [0.5, 0.6) is 5.75 Å². The molecule has 4 nitrogen and oxygen atoms in total. The summed E-state index contributed by atoms with van der Waals surface area (Å²) < 4.78 is 0.340. The summed E-state index contributed by atoms with van der Waals surface area (Å²) in [5.74, 6) is -0.213. The molecule has 24 heavy (non-hydrogen) atoms. The third-order valence-electron chi connectivity index (χ3n) is 3.19. The first-order valence-electron chi connectivity index (χ1n) is 6.90. The molecule has 7 heteroatoms. The number of aromatic hydroxyl groups is 1. The van der Waals surface area contributed by atoms with Gasteiger partial charge in [-0.2, -0.15) is 10.1 Å². The Hall–Kier alpha value is -2.15. The van der Waals surface area contributed by atoms with Gasteiger partial charge < -0.3 is 5.11 Å². The highest BCUT2D eigenvalue weighted by Gasteiger charge is 2.32. The lowest BCUT2D eigenvalue weighted by atomic mass is 10.2. The van der Waals surface area contributed by atoms with Crippen LogP contribution in [0.25, 0.3) is 6.08 Å². The SMILES string of the molecule is O=C1/C(=C\c2ccc(Cl)cc2)SC(=S)N1/N=C/c1ccccc1O. The van der Waals surface area contributed by atoms with Crippen LogP contribution in [0.3, 0.4) is 0 Å². The number of nitrogens with zero attached hydrogens (tertiary/aromatic N) is 2. The fourth-order valence-electron chi connectivity index (χ4n) is 1.99. The first kappa shape index (κ1) is 16.7. The van der Waals surface area contributed by atoms with Crippen molar-refractivity contribution in [2.75, 3.05) is 0 Å². The van der Waals surface area contributed by atoms with Crippen LogP contribution < -0.4 is 0 Å². The van der Waals surface area contributed by atoms with Gasteiger partial charge in [-0.05, 0) is 48.1 Å². The zero-order chi connectivity index (χ0) is 17.1. The number of carbonyl (C=O) groups excluding carboxylic acids is 1. The number of thioether (sulfide) groups is 1. The van der Waals surface area contributed by atoms with Crippen LogP contribution in [0.15, 0.2) is 58.5 Å². The Balaban J connectivity index is 1.82. The zero-order valence-corrected chi connectivity index (χ0v) is 14.6. The summed E-state index contributed by atoms with van der Waals surface area (Å²) in [6, 6.07) is 13.9. The lowest BCUT2D eigenvalue weighted by Crippen LogP contribution is -2.22. The molecule has 0 saturated carbocycles. The van der Waals surface area contributed by atoms with E-state index in [2.05, 4.69) is 5.10 Å². The molecule has 0 radical (unpaired) electrons. The fourth-order valence-corrected chi connectivity index (χ4v) is 3.28. The first-order valence-corrected chi connectivity index (χ1v) is 8.50. The number of phenolic OH excluding ortho intramolecular Hbond substituents is 1. The van der Waals surface area contributed by atoms with E-state index in [0.29, 0.717) is 19.8 Å². The van der Waals surface area contributed by atoms with E-state index in [1.807, 2.05) is 12.1 Å². The van der Waals surface area contributed by atoms with E-state index in [0.717, 1.165) is 10.6 Å². The number of thiocarbonyl (C=S) groups is 1. The lowest BCUT2D eigenvalue weighted by Gasteiger charge is -2.06. The third-order valence-corrected chi connectivity index (χ3v) is 4.73. The second-order valence-electron chi connectivity index (χ2n) is 4.85. The summed E-state index contributed by atoms with van der Waals surface area (Å²) in [6.45, 7) is 0. The van der Waals surface area contributed by atoms with Crippen molar-refractivity contribution in [1.82, 2.24) is 5.01 Å². The molecule has 1 amide bonds. The molecule has 2 aromatic carbocycles. The Morgan fingerprint density at radius 2 is 1.88 bits per heavy atom. The summed E-state index contributed by atoms with van der Waals surface area (Å²) in [5, 5.41) is 15.6. The van der Waals surface area contributed by atoms with Crippen LogP contribution in [-0.2, 0) is 4.79 Å². The van der Waals surface area contributed by atoms with E-state index in [9.17, 15) is 9.90 Å². The van der Waals surface area contributed by atoms with Gasteiger partial charge in [0, 0.05) is 10.6 Å². The van der Waals surface area contributed by atoms with E-state index in [4.69, 9.17) is 23.8 Å². The van der Waals surface area contributed by atoms with Gasteiger partial charge in [0.25, 0.3) is 5.91 Å². The van der Waals surface area contributed by atoms with Gasteiger partial charge in [0.15, 0.2) is 4.32 Å². The minimum atomic E-state index is -0.299. The number of para-hydroxylation sites is 1. The summed E-state index contributed by atoms with van der Waals surface area (Å²) in [7, 11) is 0. The third kappa shape index (κ3) is 3.67. The van der Waals surface area contributed by atoms with Crippen molar-refractivity contribution < 1.29 is 9.90 Å². The lowest BCUT2D eigenvalue weighted by molar-refractivity contribution is -0.122. The Labute approximate surface area is 153 Å². The highest BCUT2D eigenvalue weighted by Crippen LogP contribution is 2.33. The van der Waals surface area contributed by atoms with Gasteiger partial charge in [-0.25, -0.2) is 0 Å². The van der Waals surface area contributed by atoms with E-state index in [-0.39, 0.29) is 11.7 Å². The second kappa shape index (κ2) is 7.17. The number of halogens is 1.